The van der Waals surface area contributed by atoms with E-state index in [1.807, 2.05) is 19.1 Å². The maximum absolute atomic E-state index is 11.7. The summed E-state index contributed by atoms with van der Waals surface area (Å²) in [7, 11) is 1.00. The van der Waals surface area contributed by atoms with E-state index in [9.17, 15) is 4.79 Å². The summed E-state index contributed by atoms with van der Waals surface area (Å²) in [5.41, 5.74) is 12.1. The number of amides is 1. The molecule has 1 aromatic rings. The normalized spacial score (nSPS) is 8.52. The molecular weight excluding hydrogens is 292 g/mol. The van der Waals surface area contributed by atoms with Gasteiger partial charge in [-0.1, -0.05) is 31.6 Å². The molecule has 0 unspecified atom stereocenters. The van der Waals surface area contributed by atoms with Crippen molar-refractivity contribution in [1.29, 1.82) is 0 Å². The zero-order valence-corrected chi connectivity index (χ0v) is 14.4. The van der Waals surface area contributed by atoms with Gasteiger partial charge in [-0.2, -0.15) is 0 Å². The van der Waals surface area contributed by atoms with E-state index < -0.39 is 0 Å². The lowest BCUT2D eigenvalue weighted by Crippen LogP contribution is -2.24. The zero-order chi connectivity index (χ0) is 18.1. The van der Waals surface area contributed by atoms with Crippen LogP contribution >= 0.6 is 0 Å². The molecule has 0 saturated heterocycles. The van der Waals surface area contributed by atoms with Gasteiger partial charge in [0.1, 0.15) is 0 Å². The number of hydrogen-bond acceptors (Lipinski definition) is 3. The number of unbranched alkanes of at least 4 members (excludes halogenated alkanes) is 1. The van der Waals surface area contributed by atoms with Crippen molar-refractivity contribution in [3.05, 3.63) is 48.0 Å². The second-order valence-electron chi connectivity index (χ2n) is 4.46. The van der Waals surface area contributed by atoms with E-state index in [-0.39, 0.29) is 11.9 Å². The number of nitrogens with zero attached hydrogens (tertiary/aromatic N) is 1. The van der Waals surface area contributed by atoms with Gasteiger partial charge in [0.15, 0.2) is 5.96 Å². The number of allylic oxidation sites excluding steroid dienone is 1. The molecule has 6 heteroatoms. The molecule has 0 aliphatic rings. The molecule has 0 atom stereocenters. The SMILES string of the molecule is C=CC.CCCCNC(=O)c1ccc(CN=C(N)N)cc1.CO. The molecular formula is C17H30N4O2. The molecule has 0 fully saturated rings. The quantitative estimate of drug-likeness (QED) is 0.277. The Labute approximate surface area is 139 Å². The van der Waals surface area contributed by atoms with Crippen molar-refractivity contribution < 1.29 is 9.90 Å². The number of benzene rings is 1. The number of guanidine groups is 1. The molecule has 6 nitrogen and oxygen atoms in total. The molecule has 0 saturated carbocycles. The molecule has 0 aliphatic heterocycles. The van der Waals surface area contributed by atoms with E-state index >= 15 is 0 Å². The fourth-order valence-corrected chi connectivity index (χ4v) is 1.42. The maximum Gasteiger partial charge on any atom is 0.251 e. The first-order chi connectivity index (χ1) is 11.0. The lowest BCUT2D eigenvalue weighted by Gasteiger charge is -2.05. The number of rotatable bonds is 6. The smallest absolute Gasteiger partial charge is 0.251 e. The van der Waals surface area contributed by atoms with Gasteiger partial charge in [0.2, 0.25) is 0 Å². The van der Waals surface area contributed by atoms with Crippen molar-refractivity contribution in [3.8, 4) is 0 Å². The van der Waals surface area contributed by atoms with Crippen molar-refractivity contribution in [2.24, 2.45) is 16.5 Å². The number of hydrogen-bond donors (Lipinski definition) is 4. The highest BCUT2D eigenvalue weighted by atomic mass is 16.2. The van der Waals surface area contributed by atoms with Crippen molar-refractivity contribution in [3.63, 3.8) is 0 Å². The summed E-state index contributed by atoms with van der Waals surface area (Å²) in [5, 5.41) is 9.86. The van der Waals surface area contributed by atoms with Crippen molar-refractivity contribution >= 4 is 11.9 Å². The predicted octanol–water partition coefficient (Wildman–Crippen LogP) is 1.79. The van der Waals surface area contributed by atoms with Gasteiger partial charge < -0.3 is 21.9 Å². The number of nitrogens with two attached hydrogens (primary N) is 2. The van der Waals surface area contributed by atoms with Gasteiger partial charge in [-0.15, -0.1) is 6.58 Å². The summed E-state index contributed by atoms with van der Waals surface area (Å²) in [6.45, 7) is 8.48. The van der Waals surface area contributed by atoms with Gasteiger partial charge in [-0.25, -0.2) is 4.99 Å². The maximum atomic E-state index is 11.7. The Morgan fingerprint density at radius 1 is 1.30 bits per heavy atom. The summed E-state index contributed by atoms with van der Waals surface area (Å²) >= 11 is 0. The highest BCUT2D eigenvalue weighted by Crippen LogP contribution is 2.05. The van der Waals surface area contributed by atoms with E-state index in [0.717, 1.165) is 25.5 Å². The Hall–Kier alpha value is -2.34. The standard InChI is InChI=1S/C13H20N4O.C3H6.CH4O/c1-2-3-8-16-12(18)11-6-4-10(5-7-11)9-17-13(14)15;1-3-2;1-2/h4-7H,2-3,8-9H2,1H3,(H,16,18)(H4,14,15,17);3H,1H2,2H3;2H,1H3. The third kappa shape index (κ3) is 13.1. The van der Waals surface area contributed by atoms with Crippen molar-refractivity contribution in [2.75, 3.05) is 13.7 Å². The van der Waals surface area contributed by atoms with Gasteiger partial charge in [-0.05, 0) is 31.0 Å². The van der Waals surface area contributed by atoms with Crippen LogP contribution in [0.25, 0.3) is 0 Å². The van der Waals surface area contributed by atoms with Crippen LogP contribution in [0, 0.1) is 0 Å². The van der Waals surface area contributed by atoms with Crippen LogP contribution in [0.4, 0.5) is 0 Å². The van der Waals surface area contributed by atoms with Gasteiger partial charge in [0.05, 0.1) is 6.54 Å². The van der Waals surface area contributed by atoms with E-state index in [4.69, 9.17) is 16.6 Å². The molecule has 1 amide bonds. The Kier molecular flexibility index (Phi) is 16.0. The first-order valence-corrected chi connectivity index (χ1v) is 7.49. The van der Waals surface area contributed by atoms with Crippen LogP contribution in [0.5, 0.6) is 0 Å². The molecule has 0 bridgehead atoms. The molecule has 1 rings (SSSR count). The first-order valence-electron chi connectivity index (χ1n) is 7.49. The second-order valence-corrected chi connectivity index (χ2v) is 4.46. The summed E-state index contributed by atoms with van der Waals surface area (Å²) in [4.78, 5) is 15.6. The molecule has 130 valence electrons. The molecule has 0 aliphatic carbocycles. The molecule has 0 aromatic heterocycles. The lowest BCUT2D eigenvalue weighted by atomic mass is 10.1. The summed E-state index contributed by atoms with van der Waals surface area (Å²) in [6.07, 6.45) is 3.81. The summed E-state index contributed by atoms with van der Waals surface area (Å²) < 4.78 is 0. The van der Waals surface area contributed by atoms with E-state index in [1.54, 1.807) is 18.2 Å². The number of aliphatic imine (C=N–C) groups is 1. The largest absolute Gasteiger partial charge is 0.400 e. The minimum atomic E-state index is -0.0446. The monoisotopic (exact) mass is 322 g/mol. The predicted molar refractivity (Wildman–Crippen MR) is 97.2 cm³/mol. The number of nitrogens with one attached hydrogen (secondary N) is 1. The molecule has 0 heterocycles. The van der Waals surface area contributed by atoms with Crippen molar-refractivity contribution in [2.45, 2.75) is 33.2 Å². The van der Waals surface area contributed by atoms with Crippen LogP contribution in [0.1, 0.15) is 42.6 Å². The molecule has 1 aromatic carbocycles. The fraction of sp³-hybridized carbons (Fsp3) is 0.412. The minimum absolute atomic E-state index is 0.0446. The Morgan fingerprint density at radius 3 is 2.26 bits per heavy atom. The highest BCUT2D eigenvalue weighted by Gasteiger charge is 2.03. The second kappa shape index (κ2) is 16.0. The van der Waals surface area contributed by atoms with Crippen LogP contribution < -0.4 is 16.8 Å². The van der Waals surface area contributed by atoms with Crippen LogP contribution in [0.3, 0.4) is 0 Å². The fourth-order valence-electron chi connectivity index (χ4n) is 1.42. The van der Waals surface area contributed by atoms with Crippen molar-refractivity contribution in [1.82, 2.24) is 5.32 Å². The van der Waals surface area contributed by atoms with Crippen LogP contribution in [-0.4, -0.2) is 30.6 Å². The number of carbonyl (C=O) groups excluding carboxylic acids is 1. The summed E-state index contributed by atoms with van der Waals surface area (Å²) in [6, 6.07) is 7.25. The van der Waals surface area contributed by atoms with E-state index in [1.165, 1.54) is 0 Å². The van der Waals surface area contributed by atoms with Gasteiger partial charge >= 0.3 is 0 Å². The average molecular weight is 322 g/mol. The average Bonchev–Trinajstić information content (AvgIpc) is 2.56. The molecule has 6 N–H and O–H groups in total. The summed E-state index contributed by atoms with van der Waals surface area (Å²) in [5.74, 6) is 0.0215. The number of aliphatic hydroxyl groups excluding tert-OH is 1. The minimum Gasteiger partial charge on any atom is -0.400 e. The van der Waals surface area contributed by atoms with E-state index in [0.29, 0.717) is 18.7 Å². The van der Waals surface area contributed by atoms with Gasteiger partial charge in [-0.3, -0.25) is 4.79 Å². The Bertz CT molecular complexity index is 452. The lowest BCUT2D eigenvalue weighted by molar-refractivity contribution is 0.0953. The van der Waals surface area contributed by atoms with E-state index in [2.05, 4.69) is 23.8 Å². The highest BCUT2D eigenvalue weighted by molar-refractivity contribution is 5.94. The molecule has 0 spiro atoms. The van der Waals surface area contributed by atoms with Gasteiger partial charge in [0.25, 0.3) is 5.91 Å². The Balaban J connectivity index is 0. The first kappa shape index (κ1) is 22.9. The molecule has 0 radical (unpaired) electrons. The van der Waals surface area contributed by atoms with Crippen LogP contribution in [0.2, 0.25) is 0 Å². The molecule has 23 heavy (non-hydrogen) atoms. The number of carbonyl (C=O) groups is 1. The number of aliphatic hydroxyl groups is 1. The third-order valence-corrected chi connectivity index (χ3v) is 2.48. The van der Waals surface area contributed by atoms with Crippen LogP contribution in [-0.2, 0) is 6.54 Å². The van der Waals surface area contributed by atoms with Crippen LogP contribution in [0.15, 0.2) is 41.9 Å². The topological polar surface area (TPSA) is 114 Å². The zero-order valence-electron chi connectivity index (χ0n) is 14.4. The third-order valence-electron chi connectivity index (χ3n) is 2.48. The Morgan fingerprint density at radius 2 is 1.83 bits per heavy atom. The van der Waals surface area contributed by atoms with Gasteiger partial charge in [0, 0.05) is 19.2 Å².